The van der Waals surface area contributed by atoms with Crippen LogP contribution in [0.4, 0.5) is 16.3 Å². The van der Waals surface area contributed by atoms with Crippen molar-refractivity contribution in [2.45, 2.75) is 71.1 Å². The first kappa shape index (κ1) is 31.2. The van der Waals surface area contributed by atoms with E-state index in [1.807, 2.05) is 79.7 Å². The van der Waals surface area contributed by atoms with Crippen molar-refractivity contribution in [3.8, 4) is 5.69 Å². The number of nitrogens with zero attached hydrogens (tertiary/aromatic N) is 2. The topological polar surface area (TPSA) is 88.1 Å². The second-order valence-corrected chi connectivity index (χ2v) is 12.9. The molecular formula is C37H45N5O2. The minimum atomic E-state index is -0.369. The fourth-order valence-electron chi connectivity index (χ4n) is 6.01. The minimum Gasteiger partial charge on any atom is -0.317 e. The van der Waals surface area contributed by atoms with Crippen LogP contribution in [0.15, 0.2) is 84.9 Å². The summed E-state index contributed by atoms with van der Waals surface area (Å²) in [5.41, 5.74) is 5.51. The zero-order chi connectivity index (χ0) is 31.1. The molecule has 3 N–H and O–H groups in total. The van der Waals surface area contributed by atoms with Gasteiger partial charge in [0.25, 0.3) is 0 Å². The summed E-state index contributed by atoms with van der Waals surface area (Å²) in [4.78, 5) is 27.5. The number of para-hydroxylation sites is 1. The van der Waals surface area contributed by atoms with Crippen LogP contribution >= 0.6 is 0 Å². The third-order valence-electron chi connectivity index (χ3n) is 8.48. The van der Waals surface area contributed by atoms with Crippen LogP contribution in [0.2, 0.25) is 0 Å². The fourth-order valence-corrected chi connectivity index (χ4v) is 6.01. The maximum atomic E-state index is 13.9. The van der Waals surface area contributed by atoms with Gasteiger partial charge < -0.3 is 10.6 Å². The number of urea groups is 1. The van der Waals surface area contributed by atoms with E-state index in [-0.39, 0.29) is 29.1 Å². The van der Waals surface area contributed by atoms with Crippen molar-refractivity contribution in [2.75, 3.05) is 23.7 Å². The number of hydrogen-bond acceptors (Lipinski definition) is 4. The Morgan fingerprint density at radius 1 is 0.932 bits per heavy atom. The smallest absolute Gasteiger partial charge is 0.317 e. The normalized spacial score (nSPS) is 14.6. The molecule has 4 aromatic rings. The van der Waals surface area contributed by atoms with Gasteiger partial charge in [0.15, 0.2) is 0 Å². The number of benzene rings is 3. The van der Waals surface area contributed by atoms with E-state index >= 15 is 0 Å². The Labute approximate surface area is 261 Å². The molecular weight excluding hydrogens is 546 g/mol. The second kappa shape index (κ2) is 14.0. The van der Waals surface area contributed by atoms with Crippen LogP contribution < -0.4 is 16.0 Å². The van der Waals surface area contributed by atoms with Crippen molar-refractivity contribution in [1.82, 2.24) is 15.1 Å². The van der Waals surface area contributed by atoms with E-state index < -0.39 is 0 Å². The van der Waals surface area contributed by atoms with Crippen LogP contribution in [0.5, 0.6) is 0 Å². The molecule has 0 bridgehead atoms. The van der Waals surface area contributed by atoms with Gasteiger partial charge in [0.2, 0.25) is 0 Å². The number of aryl methyl sites for hydroxylation is 2. The highest BCUT2D eigenvalue weighted by Gasteiger charge is 2.32. The molecule has 3 aromatic carbocycles. The summed E-state index contributed by atoms with van der Waals surface area (Å²) < 4.78 is 1.78. The molecule has 1 atom stereocenters. The Balaban J connectivity index is 1.37. The van der Waals surface area contributed by atoms with E-state index in [1.165, 1.54) is 5.56 Å². The van der Waals surface area contributed by atoms with Crippen molar-refractivity contribution in [1.29, 1.82) is 0 Å². The molecule has 7 nitrogen and oxygen atoms in total. The predicted molar refractivity (Wildman–Crippen MR) is 179 cm³/mol. The highest BCUT2D eigenvalue weighted by atomic mass is 16.2. The summed E-state index contributed by atoms with van der Waals surface area (Å²) >= 11 is 0. The van der Waals surface area contributed by atoms with Crippen molar-refractivity contribution >= 4 is 23.3 Å². The average molecular weight is 592 g/mol. The van der Waals surface area contributed by atoms with Crippen LogP contribution in [-0.2, 0) is 16.6 Å². The molecule has 0 aliphatic carbocycles. The Bertz CT molecular complexity index is 1550. The third kappa shape index (κ3) is 7.83. The quantitative estimate of drug-likeness (QED) is 0.176. The molecule has 7 heteroatoms. The summed E-state index contributed by atoms with van der Waals surface area (Å²) in [5.74, 6) is 0.786. The monoisotopic (exact) mass is 591 g/mol. The highest BCUT2D eigenvalue weighted by Crippen LogP contribution is 2.37. The fraction of sp³-hybridized carbons (Fsp3) is 0.378. The van der Waals surface area contributed by atoms with Crippen LogP contribution in [0.1, 0.15) is 74.8 Å². The average Bonchev–Trinajstić information content (AvgIpc) is 3.44. The van der Waals surface area contributed by atoms with E-state index in [2.05, 4.69) is 48.9 Å². The Kier molecular flexibility index (Phi) is 9.95. The number of rotatable bonds is 10. The number of nitrogens with one attached hydrogen (secondary N) is 3. The Morgan fingerprint density at radius 2 is 1.61 bits per heavy atom. The van der Waals surface area contributed by atoms with Gasteiger partial charge in [-0.3, -0.25) is 10.1 Å². The van der Waals surface area contributed by atoms with Crippen LogP contribution in [0, 0.1) is 12.8 Å². The zero-order valence-corrected chi connectivity index (χ0v) is 26.4. The molecule has 230 valence electrons. The predicted octanol–water partition coefficient (Wildman–Crippen LogP) is 7.80. The summed E-state index contributed by atoms with van der Waals surface area (Å²) in [5, 5.41) is 14.4. The summed E-state index contributed by atoms with van der Waals surface area (Å²) in [6, 6.07) is 27.7. The lowest BCUT2D eigenvalue weighted by molar-refractivity contribution is -0.122. The van der Waals surface area contributed by atoms with Gasteiger partial charge in [-0.25, -0.2) is 9.48 Å². The first-order valence-electron chi connectivity index (χ1n) is 15.8. The molecule has 1 aliphatic rings. The molecule has 1 saturated heterocycles. The second-order valence-electron chi connectivity index (χ2n) is 12.9. The minimum absolute atomic E-state index is 0.196. The van der Waals surface area contributed by atoms with Gasteiger partial charge in [0, 0.05) is 29.5 Å². The third-order valence-corrected chi connectivity index (χ3v) is 8.48. The maximum Gasteiger partial charge on any atom is 0.324 e. The van der Waals surface area contributed by atoms with Crippen molar-refractivity contribution in [3.05, 3.63) is 107 Å². The number of carbonyl (C=O) groups is 2. The lowest BCUT2D eigenvalue weighted by atomic mass is 9.76. The number of piperidine rings is 1. The number of carbonyl (C=O) groups excluding carboxylic acids is 2. The SMILES string of the molecule is Cc1ccc(-n2nc(C(C)(C)C)cc2NC(=O)Nc2ccccc2C(C(=O)CCCc2ccccc2)C2CCNCC2)cc1. The number of amides is 2. The van der Waals surface area contributed by atoms with Crippen LogP contribution in [0.3, 0.4) is 0 Å². The van der Waals surface area contributed by atoms with Crippen molar-refractivity contribution < 1.29 is 9.59 Å². The number of Topliss-reactive ketones (excluding diaryl/α,β-unsaturated/α-hetero) is 1. The molecule has 1 unspecified atom stereocenters. The van der Waals surface area contributed by atoms with E-state index in [0.29, 0.717) is 17.9 Å². The van der Waals surface area contributed by atoms with Crippen molar-refractivity contribution in [2.24, 2.45) is 5.92 Å². The van der Waals surface area contributed by atoms with Gasteiger partial charge in [0.05, 0.1) is 11.4 Å². The van der Waals surface area contributed by atoms with E-state index in [1.54, 1.807) is 4.68 Å². The van der Waals surface area contributed by atoms with Gasteiger partial charge in [-0.2, -0.15) is 5.10 Å². The molecule has 5 rings (SSSR count). The van der Waals surface area contributed by atoms with Gasteiger partial charge in [-0.15, -0.1) is 0 Å². The van der Waals surface area contributed by atoms with Crippen molar-refractivity contribution in [3.63, 3.8) is 0 Å². The van der Waals surface area contributed by atoms with E-state index in [4.69, 9.17) is 5.10 Å². The summed E-state index contributed by atoms with van der Waals surface area (Å²) in [7, 11) is 0. The van der Waals surface area contributed by atoms with Gasteiger partial charge in [-0.1, -0.05) is 87.0 Å². The molecule has 2 heterocycles. The summed E-state index contributed by atoms with van der Waals surface area (Å²) in [6.45, 7) is 10.1. The van der Waals surface area contributed by atoms with E-state index in [9.17, 15) is 9.59 Å². The number of aromatic nitrogens is 2. The lowest BCUT2D eigenvalue weighted by Gasteiger charge is -2.31. The standard InChI is InChI=1S/C37H45N5O2/c1-26-17-19-29(20-18-26)42-34(25-33(41-42)37(2,3)4)40-36(44)39-31-15-9-8-14-30(31)35(28-21-23-38-24-22-28)32(43)16-10-13-27-11-6-5-7-12-27/h5-9,11-12,14-15,17-20,25,28,35,38H,10,13,16,21-24H2,1-4H3,(H2,39,40,44). The molecule has 0 radical (unpaired) electrons. The molecule has 1 aliphatic heterocycles. The number of ketones is 1. The van der Waals surface area contributed by atoms with Gasteiger partial charge in [0.1, 0.15) is 11.6 Å². The molecule has 1 aromatic heterocycles. The largest absolute Gasteiger partial charge is 0.324 e. The Hall–Kier alpha value is -4.23. The zero-order valence-electron chi connectivity index (χ0n) is 26.4. The molecule has 2 amide bonds. The molecule has 0 spiro atoms. The Morgan fingerprint density at radius 3 is 2.32 bits per heavy atom. The number of hydrogen-bond donors (Lipinski definition) is 3. The first-order valence-corrected chi connectivity index (χ1v) is 15.8. The molecule has 1 fully saturated rings. The lowest BCUT2D eigenvalue weighted by Crippen LogP contribution is -2.34. The molecule has 44 heavy (non-hydrogen) atoms. The van der Waals surface area contributed by atoms with Gasteiger partial charge >= 0.3 is 6.03 Å². The van der Waals surface area contributed by atoms with E-state index in [0.717, 1.165) is 61.3 Å². The first-order chi connectivity index (χ1) is 21.2. The highest BCUT2D eigenvalue weighted by molar-refractivity contribution is 6.01. The van der Waals surface area contributed by atoms with Gasteiger partial charge in [-0.05, 0) is 80.9 Å². The van der Waals surface area contributed by atoms with Crippen LogP contribution in [-0.4, -0.2) is 34.7 Å². The van der Waals surface area contributed by atoms with Crippen LogP contribution in [0.25, 0.3) is 5.69 Å². The maximum absolute atomic E-state index is 13.9. The number of anilines is 2. The molecule has 0 saturated carbocycles. The summed E-state index contributed by atoms with van der Waals surface area (Å²) in [6.07, 6.45) is 4.05.